The fraction of sp³-hybridized carbons (Fsp3) is 0.520. The molecule has 2 aromatic rings. The predicted molar refractivity (Wildman–Crippen MR) is 125 cm³/mol. The van der Waals surface area contributed by atoms with Crippen LogP contribution in [0.5, 0.6) is 0 Å². The molecule has 0 unspecified atom stereocenters. The van der Waals surface area contributed by atoms with Gasteiger partial charge in [0.25, 0.3) is 11.8 Å². The van der Waals surface area contributed by atoms with E-state index in [1.165, 1.54) is 22.9 Å². The third-order valence-electron chi connectivity index (χ3n) is 6.81. The molecule has 1 aromatic carbocycles. The number of halogens is 1. The van der Waals surface area contributed by atoms with Gasteiger partial charge >= 0.3 is 0 Å². The zero-order valence-corrected chi connectivity index (χ0v) is 19.8. The summed E-state index contributed by atoms with van der Waals surface area (Å²) in [6.07, 6.45) is 5.77. The zero-order valence-electron chi connectivity index (χ0n) is 19.8. The van der Waals surface area contributed by atoms with Gasteiger partial charge in [0, 0.05) is 25.2 Å². The van der Waals surface area contributed by atoms with Crippen LogP contribution >= 0.6 is 0 Å². The molecular formula is C25H32FN5O3. The Morgan fingerprint density at radius 2 is 1.91 bits per heavy atom. The summed E-state index contributed by atoms with van der Waals surface area (Å²) < 4.78 is 14.6. The maximum Gasteiger partial charge on any atom is 0.273 e. The first-order valence-electron chi connectivity index (χ1n) is 12.0. The van der Waals surface area contributed by atoms with E-state index in [9.17, 15) is 18.8 Å². The van der Waals surface area contributed by atoms with Crippen LogP contribution in [0.4, 0.5) is 4.39 Å². The fourth-order valence-electron chi connectivity index (χ4n) is 4.70. The summed E-state index contributed by atoms with van der Waals surface area (Å²) in [5.74, 6) is -1.25. The molecule has 8 nitrogen and oxygen atoms in total. The molecule has 182 valence electrons. The van der Waals surface area contributed by atoms with E-state index in [0.717, 1.165) is 44.1 Å². The minimum atomic E-state index is -1.09. The number of rotatable bonds is 8. The van der Waals surface area contributed by atoms with Crippen LogP contribution in [0.2, 0.25) is 0 Å². The van der Waals surface area contributed by atoms with E-state index in [1.807, 2.05) is 6.92 Å². The number of nitrogens with zero attached hydrogens (tertiary/aromatic N) is 3. The molecule has 0 saturated heterocycles. The third-order valence-corrected chi connectivity index (χ3v) is 6.81. The number of aromatic nitrogens is 2. The molecular weight excluding hydrogens is 437 g/mol. The van der Waals surface area contributed by atoms with Gasteiger partial charge in [0.05, 0.1) is 6.54 Å². The van der Waals surface area contributed by atoms with Crippen molar-refractivity contribution in [3.63, 3.8) is 0 Å². The second-order valence-corrected chi connectivity index (χ2v) is 9.42. The van der Waals surface area contributed by atoms with E-state index < -0.39 is 11.4 Å². The number of carbonyl (C=O) groups is 3. The summed E-state index contributed by atoms with van der Waals surface area (Å²) in [6.45, 7) is 4.67. The molecule has 34 heavy (non-hydrogen) atoms. The Kier molecular flexibility index (Phi) is 7.00. The Labute approximate surface area is 198 Å². The van der Waals surface area contributed by atoms with Crippen LogP contribution in [0.15, 0.2) is 30.3 Å². The van der Waals surface area contributed by atoms with Crippen molar-refractivity contribution in [2.24, 2.45) is 0 Å². The molecule has 1 aromatic heterocycles. The summed E-state index contributed by atoms with van der Waals surface area (Å²) in [5, 5.41) is 10.3. The smallest absolute Gasteiger partial charge is 0.273 e. The first-order chi connectivity index (χ1) is 16.3. The highest BCUT2D eigenvalue weighted by Crippen LogP contribution is 2.29. The number of hydrogen-bond donors (Lipinski definition) is 2. The second-order valence-electron chi connectivity index (χ2n) is 9.42. The van der Waals surface area contributed by atoms with Crippen LogP contribution in [0.25, 0.3) is 0 Å². The predicted octanol–water partition coefficient (Wildman–Crippen LogP) is 3.03. The monoisotopic (exact) mass is 469 g/mol. The van der Waals surface area contributed by atoms with E-state index in [4.69, 9.17) is 0 Å². The lowest BCUT2D eigenvalue weighted by Crippen LogP contribution is -2.65. The number of hydrogen-bond acceptors (Lipinski definition) is 4. The van der Waals surface area contributed by atoms with Gasteiger partial charge in [-0.3, -0.25) is 19.1 Å². The molecule has 1 saturated carbocycles. The Morgan fingerprint density at radius 3 is 2.59 bits per heavy atom. The second kappa shape index (κ2) is 9.95. The largest absolute Gasteiger partial charge is 0.351 e. The number of fused-ring (bicyclic) bond motifs is 1. The molecule has 9 heteroatoms. The van der Waals surface area contributed by atoms with Gasteiger partial charge < -0.3 is 15.5 Å². The van der Waals surface area contributed by atoms with Crippen molar-refractivity contribution >= 4 is 17.7 Å². The molecule has 2 heterocycles. The van der Waals surface area contributed by atoms with E-state index in [1.54, 1.807) is 24.0 Å². The van der Waals surface area contributed by atoms with Crippen molar-refractivity contribution in [1.29, 1.82) is 0 Å². The average Bonchev–Trinajstić information content (AvgIpc) is 3.48. The van der Waals surface area contributed by atoms with Crippen molar-refractivity contribution < 1.29 is 18.8 Å². The van der Waals surface area contributed by atoms with E-state index >= 15 is 0 Å². The lowest BCUT2D eigenvalue weighted by atomic mass is 9.94. The number of carbonyl (C=O) groups excluding carboxylic acids is 3. The quantitative estimate of drug-likeness (QED) is 0.621. The molecule has 1 atom stereocenters. The van der Waals surface area contributed by atoms with Gasteiger partial charge in [0.2, 0.25) is 5.91 Å². The minimum absolute atomic E-state index is 0.112. The molecule has 0 spiro atoms. The minimum Gasteiger partial charge on any atom is -0.351 e. The van der Waals surface area contributed by atoms with Crippen molar-refractivity contribution in [1.82, 2.24) is 25.3 Å². The molecule has 1 aliphatic carbocycles. The van der Waals surface area contributed by atoms with Crippen LogP contribution in [-0.4, -0.2) is 50.5 Å². The summed E-state index contributed by atoms with van der Waals surface area (Å²) >= 11 is 0. The van der Waals surface area contributed by atoms with Gasteiger partial charge in [-0.1, -0.05) is 38.3 Å². The molecule has 1 aliphatic heterocycles. The van der Waals surface area contributed by atoms with E-state index in [2.05, 4.69) is 15.7 Å². The molecule has 2 aliphatic rings. The van der Waals surface area contributed by atoms with Crippen molar-refractivity contribution in [3.05, 3.63) is 53.1 Å². The number of nitrogens with one attached hydrogen (secondary N) is 2. The molecule has 4 rings (SSSR count). The normalized spacial score (nSPS) is 20.3. The zero-order chi connectivity index (χ0) is 24.3. The van der Waals surface area contributed by atoms with Crippen LogP contribution < -0.4 is 10.6 Å². The van der Waals surface area contributed by atoms with Gasteiger partial charge in [-0.2, -0.15) is 5.10 Å². The summed E-state index contributed by atoms with van der Waals surface area (Å²) in [6, 6.07) is 7.47. The van der Waals surface area contributed by atoms with E-state index in [0.29, 0.717) is 12.2 Å². The highest BCUT2D eigenvalue weighted by atomic mass is 19.1. The lowest BCUT2D eigenvalue weighted by molar-refractivity contribution is -0.133. The average molecular weight is 470 g/mol. The third kappa shape index (κ3) is 4.83. The van der Waals surface area contributed by atoms with Crippen molar-refractivity contribution in [3.8, 4) is 0 Å². The van der Waals surface area contributed by atoms with Gasteiger partial charge in [-0.05, 0) is 43.9 Å². The van der Waals surface area contributed by atoms with Crippen LogP contribution in [0.3, 0.4) is 0 Å². The number of amides is 3. The molecule has 1 fully saturated rings. The van der Waals surface area contributed by atoms with Crippen molar-refractivity contribution in [2.45, 2.75) is 77.0 Å². The van der Waals surface area contributed by atoms with Crippen LogP contribution in [0.1, 0.15) is 78.9 Å². The summed E-state index contributed by atoms with van der Waals surface area (Å²) in [7, 11) is 0. The number of unbranched alkanes of at least 4 members (excludes halogenated alkanes) is 1. The van der Waals surface area contributed by atoms with Gasteiger partial charge in [0.1, 0.15) is 17.1 Å². The number of benzene rings is 1. The first kappa shape index (κ1) is 23.9. The lowest BCUT2D eigenvalue weighted by Gasteiger charge is -2.43. The Balaban J connectivity index is 1.53. The fourth-order valence-corrected chi connectivity index (χ4v) is 4.70. The van der Waals surface area contributed by atoms with Gasteiger partial charge in [-0.15, -0.1) is 0 Å². The van der Waals surface area contributed by atoms with Crippen LogP contribution in [-0.2, 0) is 17.9 Å². The van der Waals surface area contributed by atoms with Crippen molar-refractivity contribution in [2.75, 3.05) is 6.54 Å². The first-order valence-corrected chi connectivity index (χ1v) is 12.0. The maximum atomic E-state index is 13.4. The van der Waals surface area contributed by atoms with E-state index in [-0.39, 0.29) is 42.5 Å². The maximum absolute atomic E-state index is 13.4. The molecule has 0 radical (unpaired) electrons. The highest BCUT2D eigenvalue weighted by Gasteiger charge is 2.48. The topological polar surface area (TPSA) is 96.3 Å². The molecule has 0 bridgehead atoms. The van der Waals surface area contributed by atoms with Gasteiger partial charge in [0.15, 0.2) is 5.69 Å². The Morgan fingerprint density at radius 1 is 1.21 bits per heavy atom. The van der Waals surface area contributed by atoms with Gasteiger partial charge in [-0.25, -0.2) is 4.39 Å². The molecule has 2 N–H and O–H groups in total. The summed E-state index contributed by atoms with van der Waals surface area (Å²) in [4.78, 5) is 41.2. The standard InChI is InChI=1S/C25H32FN5O3/c1-3-4-13-30-23(33)21-14-20(22(32)27-15-17-9-11-18(26)12-10-17)29-31(21)16-25(30,2)24(34)28-19-7-5-6-8-19/h9-12,14,19H,3-8,13,15-16H2,1-2H3,(H,27,32)(H,28,34)/t25-/m1/s1. The van der Waals surface area contributed by atoms with Crippen LogP contribution in [0, 0.1) is 5.82 Å². The Bertz CT molecular complexity index is 1060. The Hall–Kier alpha value is -3.23. The SMILES string of the molecule is CCCCN1C(=O)c2cc(C(=O)NCc3ccc(F)cc3)nn2C[C@]1(C)C(=O)NC1CCCC1. The highest BCUT2D eigenvalue weighted by molar-refractivity contribution is 6.01. The summed E-state index contributed by atoms with van der Waals surface area (Å²) in [5.41, 5.74) is 0.0719. The molecule has 3 amide bonds.